The zero-order valence-electron chi connectivity index (χ0n) is 10.6. The number of aryl methyl sites for hydroxylation is 1. The molecule has 4 nitrogen and oxygen atoms in total. The van der Waals surface area contributed by atoms with E-state index in [1.54, 1.807) is 13.2 Å². The molecular weight excluding hydrogens is 242 g/mol. The molecule has 0 amide bonds. The summed E-state index contributed by atoms with van der Waals surface area (Å²) in [6.45, 7) is 0. The molecule has 4 heteroatoms. The number of fused-ring (bicyclic) bond motifs is 1. The fourth-order valence-corrected chi connectivity index (χ4v) is 2.29. The maximum Gasteiger partial charge on any atom is 0.189 e. The molecule has 1 aromatic heterocycles. The second kappa shape index (κ2) is 4.72. The van der Waals surface area contributed by atoms with Crippen molar-refractivity contribution in [3.05, 3.63) is 53.2 Å². The summed E-state index contributed by atoms with van der Waals surface area (Å²) in [5, 5.41) is 0. The van der Waals surface area contributed by atoms with Gasteiger partial charge in [0.05, 0.1) is 7.11 Å². The lowest BCUT2D eigenvalue weighted by atomic mass is 9.86. The molecule has 96 valence electrons. The van der Waals surface area contributed by atoms with E-state index in [0.717, 1.165) is 28.9 Å². The van der Waals surface area contributed by atoms with Gasteiger partial charge in [0.15, 0.2) is 12.2 Å². The third-order valence-electron chi connectivity index (χ3n) is 3.29. The van der Waals surface area contributed by atoms with Gasteiger partial charge in [0.2, 0.25) is 0 Å². The molecule has 0 radical (unpaired) electrons. The number of carbonyl (C=O) groups excluding carboxylic acids is 1. The van der Waals surface area contributed by atoms with Crippen LogP contribution < -0.4 is 4.74 Å². The number of ether oxygens (including phenoxy) is 1. The van der Waals surface area contributed by atoms with Gasteiger partial charge in [0.25, 0.3) is 0 Å². The number of benzene rings is 1. The number of methoxy groups -OCH3 is 1. The molecule has 2 aromatic rings. The van der Waals surface area contributed by atoms with Gasteiger partial charge in [-0.1, -0.05) is 0 Å². The smallest absolute Gasteiger partial charge is 0.189 e. The van der Waals surface area contributed by atoms with Gasteiger partial charge in [0, 0.05) is 11.1 Å². The highest BCUT2D eigenvalue weighted by molar-refractivity contribution is 6.13. The molecule has 0 atom stereocenters. The predicted molar refractivity (Wildman–Crippen MR) is 70.1 cm³/mol. The van der Waals surface area contributed by atoms with Gasteiger partial charge >= 0.3 is 0 Å². The lowest BCUT2D eigenvalue weighted by Gasteiger charge is -2.17. The van der Waals surface area contributed by atoms with Gasteiger partial charge in [-0.2, -0.15) is 0 Å². The fraction of sp³-hybridized carbons (Fsp3) is 0.200. The fourth-order valence-electron chi connectivity index (χ4n) is 2.29. The van der Waals surface area contributed by atoms with Crippen molar-refractivity contribution >= 4 is 11.9 Å². The van der Waals surface area contributed by atoms with E-state index in [1.165, 1.54) is 12.7 Å². The van der Waals surface area contributed by atoms with E-state index in [1.807, 2.05) is 18.2 Å². The highest BCUT2D eigenvalue weighted by Crippen LogP contribution is 2.29. The first-order chi connectivity index (χ1) is 9.28. The normalized spacial score (nSPS) is 16.5. The Morgan fingerprint density at radius 2 is 2.26 bits per heavy atom. The van der Waals surface area contributed by atoms with Crippen molar-refractivity contribution in [3.8, 4) is 5.75 Å². The first-order valence-corrected chi connectivity index (χ1v) is 6.08. The van der Waals surface area contributed by atoms with Crippen LogP contribution in [0.25, 0.3) is 6.08 Å². The molecule has 1 aliphatic rings. The Hall–Kier alpha value is -2.36. The molecule has 0 fully saturated rings. The zero-order chi connectivity index (χ0) is 13.2. The standard InChI is InChI=1S/C15H13NO3/c1-18-13-4-5-14-10(7-13)2-3-11(15(14)17)6-12-8-19-9-16-12/h4-9H,2-3H2,1H3/b11-6+. The number of nitrogens with zero attached hydrogens (tertiary/aromatic N) is 1. The molecule has 0 spiro atoms. The summed E-state index contributed by atoms with van der Waals surface area (Å²) < 4.78 is 10.1. The minimum Gasteiger partial charge on any atom is -0.497 e. The summed E-state index contributed by atoms with van der Waals surface area (Å²) >= 11 is 0. The van der Waals surface area contributed by atoms with Crippen LogP contribution in [0.15, 0.2) is 40.8 Å². The van der Waals surface area contributed by atoms with E-state index in [9.17, 15) is 4.79 Å². The lowest BCUT2D eigenvalue weighted by Crippen LogP contribution is -2.14. The number of rotatable bonds is 2. The molecule has 0 saturated carbocycles. The highest BCUT2D eigenvalue weighted by Gasteiger charge is 2.22. The van der Waals surface area contributed by atoms with Crippen molar-refractivity contribution in [3.63, 3.8) is 0 Å². The van der Waals surface area contributed by atoms with Crippen LogP contribution in [-0.2, 0) is 6.42 Å². The first-order valence-electron chi connectivity index (χ1n) is 6.08. The van der Waals surface area contributed by atoms with Crippen LogP contribution in [0, 0.1) is 0 Å². The third kappa shape index (κ3) is 2.17. The predicted octanol–water partition coefficient (Wildman–Crippen LogP) is 2.90. The van der Waals surface area contributed by atoms with Crippen LogP contribution in [0.2, 0.25) is 0 Å². The summed E-state index contributed by atoms with van der Waals surface area (Å²) in [7, 11) is 1.63. The molecule has 0 aliphatic heterocycles. The number of carbonyl (C=O) groups is 1. The Labute approximate surface area is 110 Å². The van der Waals surface area contributed by atoms with Crippen molar-refractivity contribution in [1.29, 1.82) is 0 Å². The Kier molecular flexibility index (Phi) is 2.91. The molecule has 1 aromatic carbocycles. The van der Waals surface area contributed by atoms with Crippen molar-refractivity contribution in [2.75, 3.05) is 7.11 Å². The first kappa shape index (κ1) is 11.7. The molecule has 0 bridgehead atoms. The number of hydrogen-bond acceptors (Lipinski definition) is 4. The van der Waals surface area contributed by atoms with Crippen LogP contribution in [0.5, 0.6) is 5.75 Å². The van der Waals surface area contributed by atoms with Crippen LogP contribution in [0.3, 0.4) is 0 Å². The van der Waals surface area contributed by atoms with Gasteiger partial charge in [-0.25, -0.2) is 4.98 Å². The summed E-state index contributed by atoms with van der Waals surface area (Å²) in [5.74, 6) is 0.849. The van der Waals surface area contributed by atoms with Crippen LogP contribution in [0.1, 0.15) is 28.0 Å². The topological polar surface area (TPSA) is 52.3 Å². The van der Waals surface area contributed by atoms with Crippen molar-refractivity contribution in [1.82, 2.24) is 4.98 Å². The molecule has 1 heterocycles. The molecule has 3 rings (SSSR count). The average Bonchev–Trinajstić information content (AvgIpc) is 2.94. The largest absolute Gasteiger partial charge is 0.497 e. The second-order valence-electron chi connectivity index (χ2n) is 4.44. The summed E-state index contributed by atoms with van der Waals surface area (Å²) in [5.41, 5.74) is 3.25. The highest BCUT2D eigenvalue weighted by atomic mass is 16.5. The summed E-state index contributed by atoms with van der Waals surface area (Å²) in [6.07, 6.45) is 6.23. The average molecular weight is 255 g/mol. The second-order valence-corrected chi connectivity index (χ2v) is 4.44. The molecule has 1 aliphatic carbocycles. The van der Waals surface area contributed by atoms with E-state index in [0.29, 0.717) is 12.1 Å². The molecule has 0 unspecified atom stereocenters. The third-order valence-corrected chi connectivity index (χ3v) is 3.29. The van der Waals surface area contributed by atoms with Crippen LogP contribution in [0.4, 0.5) is 0 Å². The quantitative estimate of drug-likeness (QED) is 0.774. The number of oxazole rings is 1. The van der Waals surface area contributed by atoms with Crippen LogP contribution in [-0.4, -0.2) is 17.9 Å². The maximum absolute atomic E-state index is 12.4. The Morgan fingerprint density at radius 1 is 1.37 bits per heavy atom. The van der Waals surface area contributed by atoms with Crippen molar-refractivity contribution in [2.24, 2.45) is 0 Å². The molecule has 0 N–H and O–H groups in total. The van der Waals surface area contributed by atoms with Crippen molar-refractivity contribution in [2.45, 2.75) is 12.8 Å². The van der Waals surface area contributed by atoms with E-state index >= 15 is 0 Å². The van der Waals surface area contributed by atoms with Crippen LogP contribution >= 0.6 is 0 Å². The van der Waals surface area contributed by atoms with Gasteiger partial charge in [-0.15, -0.1) is 0 Å². The number of hydrogen-bond donors (Lipinski definition) is 0. The van der Waals surface area contributed by atoms with Crippen molar-refractivity contribution < 1.29 is 13.9 Å². The maximum atomic E-state index is 12.4. The minimum absolute atomic E-state index is 0.0619. The molecular formula is C15H13NO3. The van der Waals surface area contributed by atoms with Gasteiger partial charge < -0.3 is 9.15 Å². The Morgan fingerprint density at radius 3 is 3.00 bits per heavy atom. The Bertz CT molecular complexity index is 641. The number of allylic oxidation sites excluding steroid dienone is 1. The van der Waals surface area contributed by atoms with E-state index < -0.39 is 0 Å². The number of aromatic nitrogens is 1. The van der Waals surface area contributed by atoms with E-state index in [-0.39, 0.29) is 5.78 Å². The lowest BCUT2D eigenvalue weighted by molar-refractivity contribution is 0.102. The Balaban J connectivity index is 1.96. The minimum atomic E-state index is 0.0619. The summed E-state index contributed by atoms with van der Waals surface area (Å²) in [4.78, 5) is 16.4. The van der Waals surface area contributed by atoms with E-state index in [2.05, 4.69) is 4.98 Å². The SMILES string of the molecule is COc1ccc2c(c1)CC/C(=C\c1cocn1)C2=O. The van der Waals surface area contributed by atoms with Gasteiger partial charge in [-0.05, 0) is 42.7 Å². The number of Topliss-reactive ketones (excluding diaryl/α,β-unsaturated/α-hetero) is 1. The molecule has 19 heavy (non-hydrogen) atoms. The monoisotopic (exact) mass is 255 g/mol. The van der Waals surface area contributed by atoms with E-state index in [4.69, 9.17) is 9.15 Å². The zero-order valence-corrected chi connectivity index (χ0v) is 10.6. The number of ketones is 1. The van der Waals surface area contributed by atoms with Gasteiger partial charge in [0.1, 0.15) is 17.7 Å². The molecule has 0 saturated heterocycles. The van der Waals surface area contributed by atoms with Gasteiger partial charge in [-0.3, -0.25) is 4.79 Å². The summed E-state index contributed by atoms with van der Waals surface area (Å²) in [6, 6.07) is 5.57.